The van der Waals surface area contributed by atoms with Gasteiger partial charge in [-0.15, -0.1) is 0 Å². The zero-order valence-electron chi connectivity index (χ0n) is 8.43. The van der Waals surface area contributed by atoms with E-state index in [1.54, 1.807) is 0 Å². The van der Waals surface area contributed by atoms with Gasteiger partial charge in [0.25, 0.3) is 0 Å². The van der Waals surface area contributed by atoms with Gasteiger partial charge in [0.15, 0.2) is 0 Å². The Labute approximate surface area is 87.9 Å². The van der Waals surface area contributed by atoms with E-state index in [2.05, 4.69) is 5.32 Å². The van der Waals surface area contributed by atoms with Gasteiger partial charge in [-0.3, -0.25) is 0 Å². The zero-order valence-corrected chi connectivity index (χ0v) is 8.43. The first kappa shape index (κ1) is 9.98. The van der Waals surface area contributed by atoms with Crippen molar-refractivity contribution in [2.75, 3.05) is 6.61 Å². The van der Waals surface area contributed by atoms with Crippen molar-refractivity contribution in [3.63, 3.8) is 0 Å². The van der Waals surface area contributed by atoms with Gasteiger partial charge >= 0.3 is 6.09 Å². The standard InChI is InChI=1S/C11H13NO3/c1-7(12-11(13)14)8-2-4-9(5-3-8)10-6-15-10/h2-5,7,10,12H,6H2,1H3,(H,13,14)/t7-,10?/m0/s1. The lowest BCUT2D eigenvalue weighted by molar-refractivity contribution is 0.191. The van der Waals surface area contributed by atoms with Crippen molar-refractivity contribution >= 4 is 6.09 Å². The minimum Gasteiger partial charge on any atom is -0.465 e. The number of ether oxygens (including phenoxy) is 1. The van der Waals surface area contributed by atoms with Crippen LogP contribution in [0.4, 0.5) is 4.79 Å². The summed E-state index contributed by atoms with van der Waals surface area (Å²) in [5.41, 5.74) is 2.11. The van der Waals surface area contributed by atoms with Crippen LogP contribution in [0.5, 0.6) is 0 Å². The molecule has 1 aliphatic heterocycles. The lowest BCUT2D eigenvalue weighted by Gasteiger charge is -2.11. The number of hydrogen-bond donors (Lipinski definition) is 2. The Balaban J connectivity index is 2.05. The molecule has 0 aromatic heterocycles. The van der Waals surface area contributed by atoms with E-state index in [1.807, 2.05) is 31.2 Å². The largest absolute Gasteiger partial charge is 0.465 e. The lowest BCUT2D eigenvalue weighted by atomic mass is 10.1. The number of hydrogen-bond acceptors (Lipinski definition) is 2. The molecule has 1 aliphatic rings. The molecule has 1 unspecified atom stereocenters. The molecule has 15 heavy (non-hydrogen) atoms. The van der Waals surface area contributed by atoms with Crippen LogP contribution in [0.3, 0.4) is 0 Å². The maximum Gasteiger partial charge on any atom is 0.405 e. The Morgan fingerprint density at radius 2 is 2.13 bits per heavy atom. The van der Waals surface area contributed by atoms with Crippen LogP contribution in [0.2, 0.25) is 0 Å². The molecule has 0 bridgehead atoms. The Hall–Kier alpha value is -1.55. The summed E-state index contributed by atoms with van der Waals surface area (Å²) < 4.78 is 5.15. The summed E-state index contributed by atoms with van der Waals surface area (Å²) >= 11 is 0. The molecule has 1 fully saturated rings. The number of benzene rings is 1. The summed E-state index contributed by atoms with van der Waals surface area (Å²) in [5, 5.41) is 11.0. The average Bonchev–Trinajstić information content (AvgIpc) is 3.00. The van der Waals surface area contributed by atoms with Crippen molar-refractivity contribution < 1.29 is 14.6 Å². The smallest absolute Gasteiger partial charge is 0.405 e. The van der Waals surface area contributed by atoms with Crippen LogP contribution >= 0.6 is 0 Å². The van der Waals surface area contributed by atoms with Gasteiger partial charge in [-0.05, 0) is 18.1 Å². The van der Waals surface area contributed by atoms with Crippen LogP contribution in [-0.2, 0) is 4.74 Å². The zero-order chi connectivity index (χ0) is 10.8. The van der Waals surface area contributed by atoms with Crippen LogP contribution in [0.25, 0.3) is 0 Å². The number of carboxylic acid groups (broad SMARTS) is 1. The predicted molar refractivity (Wildman–Crippen MR) is 54.7 cm³/mol. The second-order valence-electron chi connectivity index (χ2n) is 3.66. The fraction of sp³-hybridized carbons (Fsp3) is 0.364. The summed E-state index contributed by atoms with van der Waals surface area (Å²) in [6, 6.07) is 7.63. The van der Waals surface area contributed by atoms with E-state index in [9.17, 15) is 4.79 Å². The highest BCUT2D eigenvalue weighted by Crippen LogP contribution is 2.30. The fourth-order valence-electron chi connectivity index (χ4n) is 1.51. The highest BCUT2D eigenvalue weighted by atomic mass is 16.6. The maximum atomic E-state index is 10.4. The van der Waals surface area contributed by atoms with E-state index in [0.29, 0.717) is 0 Å². The molecule has 0 spiro atoms. The topological polar surface area (TPSA) is 61.9 Å². The van der Waals surface area contributed by atoms with E-state index in [4.69, 9.17) is 9.84 Å². The Kier molecular flexibility index (Phi) is 2.60. The molecule has 0 aliphatic carbocycles. The van der Waals surface area contributed by atoms with E-state index >= 15 is 0 Å². The molecule has 1 aromatic carbocycles. The molecule has 4 heteroatoms. The van der Waals surface area contributed by atoms with Crippen LogP contribution in [0.15, 0.2) is 24.3 Å². The lowest BCUT2D eigenvalue weighted by Crippen LogP contribution is -2.24. The fourth-order valence-corrected chi connectivity index (χ4v) is 1.51. The Morgan fingerprint density at radius 1 is 1.53 bits per heavy atom. The van der Waals surface area contributed by atoms with Gasteiger partial charge in [0, 0.05) is 0 Å². The monoisotopic (exact) mass is 207 g/mol. The molecule has 4 nitrogen and oxygen atoms in total. The summed E-state index contributed by atoms with van der Waals surface area (Å²) in [7, 11) is 0. The molecule has 2 rings (SSSR count). The van der Waals surface area contributed by atoms with Gasteiger partial charge < -0.3 is 15.2 Å². The Morgan fingerprint density at radius 3 is 2.60 bits per heavy atom. The van der Waals surface area contributed by atoms with Crippen molar-refractivity contribution in [2.24, 2.45) is 0 Å². The third-order valence-corrected chi connectivity index (χ3v) is 2.48. The minimum absolute atomic E-state index is 0.184. The second-order valence-corrected chi connectivity index (χ2v) is 3.66. The molecule has 80 valence electrons. The highest BCUT2D eigenvalue weighted by molar-refractivity contribution is 5.65. The quantitative estimate of drug-likeness (QED) is 0.746. The van der Waals surface area contributed by atoms with Crippen LogP contribution in [0, 0.1) is 0 Å². The maximum absolute atomic E-state index is 10.4. The van der Waals surface area contributed by atoms with E-state index in [-0.39, 0.29) is 12.1 Å². The molecular weight excluding hydrogens is 194 g/mol. The van der Waals surface area contributed by atoms with Gasteiger partial charge in [-0.25, -0.2) is 4.79 Å². The van der Waals surface area contributed by atoms with Crippen molar-refractivity contribution in [3.8, 4) is 0 Å². The normalized spacial score (nSPS) is 20.7. The van der Waals surface area contributed by atoms with Crippen molar-refractivity contribution in [1.82, 2.24) is 5.32 Å². The predicted octanol–water partition coefficient (Wildman–Crippen LogP) is 2.09. The van der Waals surface area contributed by atoms with E-state index in [1.165, 1.54) is 0 Å². The summed E-state index contributed by atoms with van der Waals surface area (Å²) in [4.78, 5) is 10.4. The molecule has 0 saturated carbocycles. The first-order chi connectivity index (χ1) is 7.16. The highest BCUT2D eigenvalue weighted by Gasteiger charge is 2.24. The Bertz CT molecular complexity index is 357. The van der Waals surface area contributed by atoms with Crippen molar-refractivity contribution in [3.05, 3.63) is 35.4 Å². The number of nitrogens with one attached hydrogen (secondary N) is 1. The van der Waals surface area contributed by atoms with E-state index < -0.39 is 6.09 Å². The SMILES string of the molecule is C[C@H](NC(=O)O)c1ccc(C2CO2)cc1. The molecule has 1 heterocycles. The first-order valence-electron chi connectivity index (χ1n) is 4.88. The van der Waals surface area contributed by atoms with Gasteiger partial charge in [-0.1, -0.05) is 24.3 Å². The average molecular weight is 207 g/mol. The molecule has 1 amide bonds. The minimum atomic E-state index is -1.00. The number of amides is 1. The molecule has 2 atom stereocenters. The van der Waals surface area contributed by atoms with Crippen LogP contribution < -0.4 is 5.32 Å². The van der Waals surface area contributed by atoms with Crippen molar-refractivity contribution in [2.45, 2.75) is 19.1 Å². The van der Waals surface area contributed by atoms with Crippen LogP contribution in [-0.4, -0.2) is 17.8 Å². The van der Waals surface area contributed by atoms with Gasteiger partial charge in [-0.2, -0.15) is 0 Å². The number of rotatable bonds is 3. The number of epoxide rings is 1. The summed E-state index contributed by atoms with van der Waals surface area (Å²) in [6.07, 6.45) is -0.751. The third-order valence-electron chi connectivity index (χ3n) is 2.48. The van der Waals surface area contributed by atoms with Gasteiger partial charge in [0.1, 0.15) is 6.10 Å². The van der Waals surface area contributed by atoms with Crippen molar-refractivity contribution in [1.29, 1.82) is 0 Å². The molecule has 2 N–H and O–H groups in total. The van der Waals surface area contributed by atoms with Crippen LogP contribution in [0.1, 0.15) is 30.2 Å². The van der Waals surface area contributed by atoms with Gasteiger partial charge in [0.2, 0.25) is 0 Å². The molecule has 1 saturated heterocycles. The van der Waals surface area contributed by atoms with Gasteiger partial charge in [0.05, 0.1) is 12.6 Å². The third kappa shape index (κ3) is 2.47. The summed E-state index contributed by atoms with van der Waals surface area (Å²) in [6.45, 7) is 2.61. The number of carbonyl (C=O) groups is 1. The molecular formula is C11H13NO3. The van der Waals surface area contributed by atoms with E-state index in [0.717, 1.165) is 17.7 Å². The molecule has 0 radical (unpaired) electrons. The molecule has 1 aromatic rings. The second kappa shape index (κ2) is 3.90. The first-order valence-corrected chi connectivity index (χ1v) is 4.88. The summed E-state index contributed by atoms with van der Waals surface area (Å²) in [5.74, 6) is 0.